The summed E-state index contributed by atoms with van der Waals surface area (Å²) in [5.74, 6) is 0.575. The van der Waals surface area contributed by atoms with Crippen LogP contribution in [-0.4, -0.2) is 45.9 Å². The van der Waals surface area contributed by atoms with E-state index in [1.54, 1.807) is 28.4 Å². The van der Waals surface area contributed by atoms with Gasteiger partial charge in [-0.3, -0.25) is 4.79 Å². The Morgan fingerprint density at radius 2 is 1.74 bits per heavy atom. The van der Waals surface area contributed by atoms with E-state index in [-0.39, 0.29) is 0 Å². The topological polar surface area (TPSA) is 62.5 Å². The highest BCUT2D eigenvalue weighted by Gasteiger charge is 2.06. The van der Waals surface area contributed by atoms with E-state index in [0.29, 0.717) is 18.1 Å². The summed E-state index contributed by atoms with van der Waals surface area (Å²) in [6.07, 6.45) is 4.23. The van der Waals surface area contributed by atoms with Crippen LogP contribution in [0.3, 0.4) is 0 Å². The third-order valence-corrected chi connectivity index (χ3v) is 5.91. The highest BCUT2D eigenvalue weighted by Crippen LogP contribution is 2.27. The van der Waals surface area contributed by atoms with Gasteiger partial charge in [-0.15, -0.1) is 5.10 Å². The van der Waals surface area contributed by atoms with Gasteiger partial charge in [-0.1, -0.05) is 54.2 Å². The van der Waals surface area contributed by atoms with Gasteiger partial charge in [-0.25, -0.2) is 4.52 Å². The Bertz CT molecular complexity index is 1120. The molecule has 0 atom stereocenters. The number of hydrogen-bond acceptors (Lipinski definition) is 6. The fourth-order valence-corrected chi connectivity index (χ4v) is 3.85. The molecule has 1 N–H and O–H groups in total. The van der Waals surface area contributed by atoms with E-state index < -0.39 is 0 Å². The van der Waals surface area contributed by atoms with Gasteiger partial charge in [0.15, 0.2) is 5.65 Å². The number of aromatic nitrogens is 3. The molecular weight excluding hydrogens is 406 g/mol. The summed E-state index contributed by atoms with van der Waals surface area (Å²) in [6.45, 7) is 3.24. The first-order chi connectivity index (χ1) is 15.2. The van der Waals surface area contributed by atoms with E-state index in [9.17, 15) is 4.79 Å². The summed E-state index contributed by atoms with van der Waals surface area (Å²) in [4.78, 5) is 19.8. The molecule has 5 rings (SSSR count). The Morgan fingerprint density at radius 1 is 1.00 bits per heavy atom. The van der Waals surface area contributed by atoms with Crippen molar-refractivity contribution in [1.29, 1.82) is 0 Å². The van der Waals surface area contributed by atoms with Crippen molar-refractivity contribution in [3.8, 4) is 0 Å². The molecule has 2 aromatic heterocycles. The first kappa shape index (κ1) is 21.1. The maximum Gasteiger partial charge on any atom is 0.243 e. The second-order valence-corrected chi connectivity index (χ2v) is 8.53. The van der Waals surface area contributed by atoms with Crippen molar-refractivity contribution in [2.24, 2.45) is 0 Å². The second-order valence-electron chi connectivity index (χ2n) is 7.39. The molecular formula is C24H25N5OS. The minimum Gasteiger partial charge on any atom is -0.349 e. The molecule has 1 aliphatic heterocycles. The van der Waals surface area contributed by atoms with Gasteiger partial charge in [0.25, 0.3) is 0 Å². The summed E-state index contributed by atoms with van der Waals surface area (Å²) in [7, 11) is 2.14. The van der Waals surface area contributed by atoms with Crippen LogP contribution in [0.4, 0.5) is 5.95 Å². The Labute approximate surface area is 186 Å². The Kier molecular flexibility index (Phi) is 6.96. The van der Waals surface area contributed by atoms with Gasteiger partial charge in [-0.05, 0) is 56.4 Å². The van der Waals surface area contributed by atoms with Crippen molar-refractivity contribution in [3.63, 3.8) is 0 Å². The van der Waals surface area contributed by atoms with E-state index in [4.69, 9.17) is 0 Å². The maximum absolute atomic E-state index is 10.7. The van der Waals surface area contributed by atoms with Crippen LogP contribution in [0.1, 0.15) is 22.3 Å². The lowest BCUT2D eigenvalue weighted by Crippen LogP contribution is -2.32. The van der Waals surface area contributed by atoms with Gasteiger partial charge >= 0.3 is 0 Å². The summed E-state index contributed by atoms with van der Waals surface area (Å²) >= 11 is 1.69. The predicted molar refractivity (Wildman–Crippen MR) is 125 cm³/mol. The van der Waals surface area contributed by atoms with Gasteiger partial charge in [0, 0.05) is 28.1 Å². The average molecular weight is 432 g/mol. The van der Waals surface area contributed by atoms with Crippen molar-refractivity contribution >= 4 is 29.6 Å². The molecule has 0 saturated carbocycles. The largest absolute Gasteiger partial charge is 0.349 e. The lowest BCUT2D eigenvalue weighted by Gasteiger charge is -2.24. The zero-order valence-corrected chi connectivity index (χ0v) is 18.3. The Morgan fingerprint density at radius 3 is 2.39 bits per heavy atom. The van der Waals surface area contributed by atoms with Gasteiger partial charge < -0.3 is 10.2 Å². The number of likely N-dealkylation sites (tertiary alicyclic amines) is 1. The van der Waals surface area contributed by atoms with E-state index in [0.717, 1.165) is 22.4 Å². The van der Waals surface area contributed by atoms with Crippen LogP contribution in [0.2, 0.25) is 0 Å². The minimum absolute atomic E-state index is 0.575. The molecule has 0 spiro atoms. The molecule has 2 aromatic carbocycles. The van der Waals surface area contributed by atoms with Gasteiger partial charge in [-0.2, -0.15) is 4.98 Å². The standard InChI is InChI=1S/C20H16N4OS.C4H9N/c25-14-16-8-6-15(7-9-16)12-21-20-22-19-11-10-18(13-24(19)23-20)26-17-4-2-1-3-5-17;1-5-3-2-4-5/h1-11,13-14H,12H2,(H,21,23);2-4H2,1H3. The Hall–Kier alpha value is -3.16. The van der Waals surface area contributed by atoms with Crippen molar-refractivity contribution in [1.82, 2.24) is 19.5 Å². The number of hydrogen-bond donors (Lipinski definition) is 1. The number of nitrogens with one attached hydrogen (secondary N) is 1. The highest BCUT2D eigenvalue weighted by atomic mass is 32.2. The van der Waals surface area contributed by atoms with Crippen LogP contribution in [-0.2, 0) is 6.54 Å². The summed E-state index contributed by atoms with van der Waals surface area (Å²) in [6, 6.07) is 21.7. The molecule has 0 aliphatic carbocycles. The van der Waals surface area contributed by atoms with Gasteiger partial charge in [0.2, 0.25) is 5.95 Å². The van der Waals surface area contributed by atoms with E-state index >= 15 is 0 Å². The van der Waals surface area contributed by atoms with Crippen LogP contribution in [0.15, 0.2) is 82.7 Å². The van der Waals surface area contributed by atoms with Crippen molar-refractivity contribution in [3.05, 3.63) is 84.1 Å². The molecule has 4 aromatic rings. The summed E-state index contributed by atoms with van der Waals surface area (Å²) in [5.41, 5.74) is 2.53. The molecule has 7 heteroatoms. The zero-order chi connectivity index (χ0) is 21.5. The number of pyridine rings is 1. The number of carbonyl (C=O) groups is 1. The molecule has 31 heavy (non-hydrogen) atoms. The SMILES string of the molecule is CN1CCC1.O=Cc1ccc(CNc2nc3ccc(Sc4ccccc4)cn3n2)cc1. The molecule has 0 bridgehead atoms. The fraction of sp³-hybridized carbons (Fsp3) is 0.208. The minimum atomic E-state index is 0.575. The van der Waals surface area contributed by atoms with Crippen molar-refractivity contribution < 1.29 is 4.79 Å². The maximum atomic E-state index is 10.7. The second kappa shape index (κ2) is 10.2. The molecule has 1 fully saturated rings. The molecule has 158 valence electrons. The van der Waals surface area contributed by atoms with Gasteiger partial charge in [0.1, 0.15) is 6.29 Å². The predicted octanol–water partition coefficient (Wildman–Crippen LogP) is 4.63. The van der Waals surface area contributed by atoms with E-state index in [2.05, 4.69) is 39.5 Å². The number of carbonyl (C=O) groups excluding carboxylic acids is 1. The van der Waals surface area contributed by atoms with E-state index in [1.165, 1.54) is 24.4 Å². The highest BCUT2D eigenvalue weighted by molar-refractivity contribution is 7.99. The fourth-order valence-electron chi connectivity index (χ4n) is 2.99. The number of nitrogens with zero attached hydrogens (tertiary/aromatic N) is 4. The number of aldehydes is 1. The normalized spacial score (nSPS) is 13.2. The van der Waals surface area contributed by atoms with Crippen molar-refractivity contribution in [2.45, 2.75) is 22.8 Å². The van der Waals surface area contributed by atoms with Crippen LogP contribution < -0.4 is 5.32 Å². The van der Waals surface area contributed by atoms with Crippen molar-refractivity contribution in [2.75, 3.05) is 25.5 Å². The third kappa shape index (κ3) is 5.93. The summed E-state index contributed by atoms with van der Waals surface area (Å²) in [5, 5.41) is 7.71. The first-order valence-electron chi connectivity index (χ1n) is 10.3. The summed E-state index contributed by atoms with van der Waals surface area (Å²) < 4.78 is 1.78. The number of rotatable bonds is 6. The molecule has 1 aliphatic rings. The quantitative estimate of drug-likeness (QED) is 0.449. The lowest BCUT2D eigenvalue weighted by atomic mass is 10.1. The lowest BCUT2D eigenvalue weighted by molar-refractivity contribution is 0.112. The first-order valence-corrected chi connectivity index (χ1v) is 11.1. The Balaban J connectivity index is 0.000000407. The molecule has 1 saturated heterocycles. The third-order valence-electron chi connectivity index (χ3n) is 4.93. The number of fused-ring (bicyclic) bond motifs is 1. The van der Waals surface area contributed by atoms with Crippen LogP contribution >= 0.6 is 11.8 Å². The molecule has 3 heterocycles. The smallest absolute Gasteiger partial charge is 0.243 e. The molecule has 0 amide bonds. The van der Waals surface area contributed by atoms with E-state index in [1.807, 2.05) is 48.7 Å². The molecule has 6 nitrogen and oxygen atoms in total. The van der Waals surface area contributed by atoms with Crippen LogP contribution in [0.25, 0.3) is 5.65 Å². The monoisotopic (exact) mass is 431 g/mol. The molecule has 0 radical (unpaired) electrons. The number of benzene rings is 2. The van der Waals surface area contributed by atoms with Gasteiger partial charge in [0.05, 0.1) is 0 Å². The van der Waals surface area contributed by atoms with Crippen LogP contribution in [0, 0.1) is 0 Å². The zero-order valence-electron chi connectivity index (χ0n) is 17.4. The number of anilines is 1. The molecule has 0 unspecified atom stereocenters. The van der Waals surface area contributed by atoms with Crippen LogP contribution in [0.5, 0.6) is 0 Å². The average Bonchev–Trinajstić information content (AvgIpc) is 3.20.